The fourth-order valence-corrected chi connectivity index (χ4v) is 2.49. The second-order valence-electron chi connectivity index (χ2n) is 4.92. The zero-order chi connectivity index (χ0) is 18.6. The van der Waals surface area contributed by atoms with Crippen LogP contribution in [0.2, 0.25) is 0 Å². The van der Waals surface area contributed by atoms with E-state index >= 15 is 0 Å². The number of ether oxygens (including phenoxy) is 1. The van der Waals surface area contributed by atoms with Gasteiger partial charge in [0.05, 0.1) is 18.2 Å². The zero-order valence-corrected chi connectivity index (χ0v) is 14.1. The van der Waals surface area contributed by atoms with Gasteiger partial charge in [0.25, 0.3) is 0 Å². The van der Waals surface area contributed by atoms with Crippen LogP contribution in [0.25, 0.3) is 10.9 Å². The highest BCUT2D eigenvalue weighted by Gasteiger charge is 2.25. The summed E-state index contributed by atoms with van der Waals surface area (Å²) in [4.78, 5) is 25.4. The van der Waals surface area contributed by atoms with E-state index in [9.17, 15) is 14.0 Å². The quantitative estimate of drug-likeness (QED) is 0.658. The van der Waals surface area contributed by atoms with Crippen LogP contribution in [0.15, 0.2) is 6.20 Å². The first-order valence-corrected chi connectivity index (χ1v) is 7.43. The lowest BCUT2D eigenvalue weighted by Crippen LogP contribution is -2.32. The molecule has 2 rings (SSSR count). The van der Waals surface area contributed by atoms with Crippen LogP contribution in [-0.2, 0) is 11.2 Å². The average molecular weight is 339 g/mol. The lowest BCUT2D eigenvalue weighted by atomic mass is 9.96. The van der Waals surface area contributed by atoms with Gasteiger partial charge in [0.2, 0.25) is 5.91 Å². The molecule has 2 aromatic rings. The van der Waals surface area contributed by atoms with Crippen molar-refractivity contribution in [2.24, 2.45) is 11.5 Å². The number of rotatable bonds is 5. The third-order valence-electron chi connectivity index (χ3n) is 3.55. The highest BCUT2D eigenvalue weighted by molar-refractivity contribution is 6.10. The Balaban J connectivity index is 0.00000139. The monoisotopic (exact) mass is 339 g/mol. The number of carbonyl (C=O) groups is 2. The average Bonchev–Trinajstić information content (AvgIpc) is 2.93. The van der Waals surface area contributed by atoms with E-state index in [4.69, 9.17) is 21.3 Å². The molecule has 24 heavy (non-hydrogen) atoms. The number of hydrogen-bond donors (Lipinski definition) is 4. The number of methoxy groups -OCH3 is 1. The van der Waals surface area contributed by atoms with Crippen molar-refractivity contribution in [1.82, 2.24) is 4.98 Å². The molecule has 132 valence electrons. The molecule has 0 spiro atoms. The number of carboxylic acid groups (broad SMARTS) is 1. The minimum atomic E-state index is -1.18. The summed E-state index contributed by atoms with van der Waals surface area (Å²) in [5.74, 6) is -2.75. The van der Waals surface area contributed by atoms with Gasteiger partial charge >= 0.3 is 5.97 Å². The fourth-order valence-electron chi connectivity index (χ4n) is 2.49. The van der Waals surface area contributed by atoms with Gasteiger partial charge in [0.15, 0.2) is 11.6 Å². The third-order valence-corrected chi connectivity index (χ3v) is 3.55. The summed E-state index contributed by atoms with van der Waals surface area (Å²) in [5.41, 5.74) is 11.6. The summed E-state index contributed by atoms with van der Waals surface area (Å²) in [6, 6.07) is -1.16. The summed E-state index contributed by atoms with van der Waals surface area (Å²) >= 11 is 0. The smallest absolute Gasteiger partial charge is 0.320 e. The number of carboxylic acids is 1. The van der Waals surface area contributed by atoms with E-state index in [0.29, 0.717) is 10.9 Å². The number of hydrogen-bond acceptors (Lipinski definition) is 4. The Hall–Kier alpha value is -2.61. The Morgan fingerprint density at radius 1 is 1.42 bits per heavy atom. The summed E-state index contributed by atoms with van der Waals surface area (Å²) in [7, 11) is 1.30. The molecule has 7 nitrogen and oxygen atoms in total. The number of aromatic nitrogens is 1. The minimum Gasteiger partial charge on any atom is -0.492 e. The van der Waals surface area contributed by atoms with E-state index in [2.05, 4.69) is 4.98 Å². The van der Waals surface area contributed by atoms with Crippen molar-refractivity contribution in [3.63, 3.8) is 0 Å². The molecule has 0 saturated heterocycles. The second-order valence-corrected chi connectivity index (χ2v) is 4.92. The maximum absolute atomic E-state index is 14.3. The molecule has 1 atom stereocenters. The first-order chi connectivity index (χ1) is 11.3. The van der Waals surface area contributed by atoms with E-state index in [1.165, 1.54) is 20.2 Å². The van der Waals surface area contributed by atoms with Gasteiger partial charge in [-0.2, -0.15) is 0 Å². The Kier molecular flexibility index (Phi) is 6.30. The van der Waals surface area contributed by atoms with Gasteiger partial charge in [0, 0.05) is 23.6 Å². The van der Waals surface area contributed by atoms with Crippen LogP contribution in [0, 0.1) is 12.7 Å². The molecule has 0 aliphatic rings. The molecule has 0 aliphatic carbocycles. The largest absolute Gasteiger partial charge is 0.492 e. The second kappa shape index (κ2) is 7.78. The molecule has 1 aromatic carbocycles. The van der Waals surface area contributed by atoms with Crippen LogP contribution in [-0.4, -0.2) is 35.1 Å². The van der Waals surface area contributed by atoms with E-state index in [1.807, 2.05) is 13.8 Å². The van der Waals surface area contributed by atoms with Crippen LogP contribution >= 0.6 is 0 Å². The highest BCUT2D eigenvalue weighted by Crippen LogP contribution is 2.36. The molecule has 0 radical (unpaired) electrons. The van der Waals surface area contributed by atoms with Crippen molar-refractivity contribution in [2.75, 3.05) is 7.11 Å². The number of amides is 1. The molecular formula is C16H22FN3O4. The number of halogens is 1. The molecule has 1 aromatic heterocycles. The van der Waals surface area contributed by atoms with Crippen LogP contribution in [0.1, 0.15) is 35.3 Å². The molecular weight excluding hydrogens is 317 g/mol. The number of fused-ring (bicyclic) bond motifs is 1. The SMILES string of the molecule is CC.COc1c(F)c(C)c(C(N)=O)c2c(CC(N)C(=O)O)c[nH]c12. The van der Waals surface area contributed by atoms with Crippen LogP contribution in [0.4, 0.5) is 4.39 Å². The van der Waals surface area contributed by atoms with Crippen molar-refractivity contribution in [2.45, 2.75) is 33.2 Å². The van der Waals surface area contributed by atoms with Gasteiger partial charge in [-0.05, 0) is 12.5 Å². The number of nitrogens with one attached hydrogen (secondary N) is 1. The van der Waals surface area contributed by atoms with Crippen LogP contribution in [0.5, 0.6) is 5.75 Å². The number of carbonyl (C=O) groups excluding carboxylic acids is 1. The van der Waals surface area contributed by atoms with Gasteiger partial charge in [-0.3, -0.25) is 9.59 Å². The maximum Gasteiger partial charge on any atom is 0.320 e. The van der Waals surface area contributed by atoms with Crippen molar-refractivity contribution >= 4 is 22.8 Å². The number of H-pyrrole nitrogens is 1. The molecule has 0 saturated carbocycles. The molecule has 8 heteroatoms. The van der Waals surface area contributed by atoms with Crippen molar-refractivity contribution in [1.29, 1.82) is 0 Å². The highest BCUT2D eigenvalue weighted by atomic mass is 19.1. The molecule has 1 amide bonds. The Morgan fingerprint density at radius 2 is 2.00 bits per heavy atom. The molecule has 1 heterocycles. The van der Waals surface area contributed by atoms with E-state index in [0.717, 1.165) is 0 Å². The summed E-state index contributed by atoms with van der Waals surface area (Å²) in [6.45, 7) is 5.41. The Bertz CT molecular complexity index is 771. The number of nitrogens with two attached hydrogens (primary N) is 2. The normalized spacial score (nSPS) is 11.6. The van der Waals surface area contributed by atoms with Crippen molar-refractivity contribution in [3.05, 3.63) is 28.7 Å². The molecule has 0 fully saturated rings. The number of aromatic amines is 1. The predicted molar refractivity (Wildman–Crippen MR) is 88.7 cm³/mol. The third kappa shape index (κ3) is 3.33. The van der Waals surface area contributed by atoms with Crippen molar-refractivity contribution < 1.29 is 23.8 Å². The van der Waals surface area contributed by atoms with Crippen LogP contribution < -0.4 is 16.2 Å². The van der Waals surface area contributed by atoms with E-state index in [-0.39, 0.29) is 28.8 Å². The maximum atomic E-state index is 14.3. The number of benzene rings is 1. The molecule has 0 aliphatic heterocycles. The molecule has 1 unspecified atom stereocenters. The lowest BCUT2D eigenvalue weighted by Gasteiger charge is -2.13. The molecule has 6 N–H and O–H groups in total. The summed E-state index contributed by atoms with van der Waals surface area (Å²) in [5, 5.41) is 9.25. The Labute approximate surface area is 138 Å². The summed E-state index contributed by atoms with van der Waals surface area (Å²) < 4.78 is 19.3. The fraction of sp³-hybridized carbons (Fsp3) is 0.375. The van der Waals surface area contributed by atoms with Gasteiger partial charge < -0.3 is 26.3 Å². The van der Waals surface area contributed by atoms with E-state index in [1.54, 1.807) is 0 Å². The van der Waals surface area contributed by atoms with Crippen molar-refractivity contribution in [3.8, 4) is 5.75 Å². The number of aliphatic carboxylic acids is 1. The lowest BCUT2D eigenvalue weighted by molar-refractivity contribution is -0.138. The summed E-state index contributed by atoms with van der Waals surface area (Å²) in [6.07, 6.45) is 1.44. The predicted octanol–water partition coefficient (Wildman–Crippen LogP) is 1.70. The minimum absolute atomic E-state index is 0.0119. The first kappa shape index (κ1) is 19.4. The standard InChI is InChI=1S/C14H16FN3O4.C2H6/c1-5-8(13(17)19)9-6(3-7(16)14(20)21)4-18-11(9)12(22-2)10(5)15;1-2/h4,7,18H,3,16H2,1-2H3,(H2,17,19)(H,20,21);1-2H3. The van der Waals surface area contributed by atoms with Gasteiger partial charge in [-0.25, -0.2) is 4.39 Å². The van der Waals surface area contributed by atoms with Crippen LogP contribution in [0.3, 0.4) is 0 Å². The number of primary amides is 1. The topological polar surface area (TPSA) is 131 Å². The van der Waals surface area contributed by atoms with E-state index < -0.39 is 23.7 Å². The first-order valence-electron chi connectivity index (χ1n) is 7.43. The molecule has 0 bridgehead atoms. The van der Waals surface area contributed by atoms with Gasteiger partial charge in [-0.1, -0.05) is 13.8 Å². The van der Waals surface area contributed by atoms with Gasteiger partial charge in [0.1, 0.15) is 6.04 Å². The Morgan fingerprint density at radius 3 is 2.46 bits per heavy atom. The zero-order valence-electron chi connectivity index (χ0n) is 14.1. The van der Waals surface area contributed by atoms with Gasteiger partial charge in [-0.15, -0.1) is 0 Å².